The predicted octanol–water partition coefficient (Wildman–Crippen LogP) is 6.53. The molecular formula is C29H31N7. The molecule has 6 aromatic rings. The first-order valence-electron chi connectivity index (χ1n) is 12.7. The van der Waals surface area contributed by atoms with Gasteiger partial charge in [0.2, 0.25) is 0 Å². The van der Waals surface area contributed by atoms with Crippen LogP contribution in [0.2, 0.25) is 0 Å². The molecule has 7 nitrogen and oxygen atoms in total. The molecule has 6 rings (SSSR count). The molecule has 0 aliphatic carbocycles. The molecule has 0 amide bonds. The number of hydrogen-bond acceptors (Lipinski definition) is 4. The van der Waals surface area contributed by atoms with E-state index in [0.717, 1.165) is 34.9 Å². The van der Waals surface area contributed by atoms with Crippen molar-refractivity contribution in [3.05, 3.63) is 82.7 Å². The van der Waals surface area contributed by atoms with Crippen molar-refractivity contribution in [2.45, 2.75) is 58.3 Å². The van der Waals surface area contributed by atoms with E-state index >= 15 is 0 Å². The molecule has 0 spiro atoms. The summed E-state index contributed by atoms with van der Waals surface area (Å²) in [6, 6.07) is 15.5. The molecule has 3 aromatic heterocycles. The van der Waals surface area contributed by atoms with Crippen molar-refractivity contribution in [1.82, 2.24) is 35.8 Å². The number of nitrogens with zero attached hydrogens (tertiary/aromatic N) is 4. The first-order valence-corrected chi connectivity index (χ1v) is 12.7. The Morgan fingerprint density at radius 2 is 1.50 bits per heavy atom. The average molecular weight is 478 g/mol. The predicted molar refractivity (Wildman–Crippen MR) is 144 cm³/mol. The van der Waals surface area contributed by atoms with Crippen molar-refractivity contribution in [1.29, 1.82) is 0 Å². The van der Waals surface area contributed by atoms with Gasteiger partial charge >= 0.3 is 0 Å². The Bertz CT molecular complexity index is 1670. The first-order chi connectivity index (χ1) is 17.5. The van der Waals surface area contributed by atoms with Gasteiger partial charge in [-0.1, -0.05) is 52.0 Å². The number of hydrogen-bond donors (Lipinski definition) is 3. The summed E-state index contributed by atoms with van der Waals surface area (Å²) in [5, 5.41) is 29.0. The fraction of sp³-hybridized carbons (Fsp3) is 0.310. The standard InChI is InChI=1S/C29H31N7/c1-16(2)23-11-19(10-21-14-30-34-28(21)23)9-18(4)24-12-20(13-27-29(24)35-36-33-27)8-17(3)22-6-5-7-26-25(22)15-31-32-26/h5-7,10-18H,8-9H2,1-4H3,(H,30,34)(H,31,32)(H,33,35,36). The van der Waals surface area contributed by atoms with Crippen LogP contribution in [0.5, 0.6) is 0 Å². The van der Waals surface area contributed by atoms with Crippen molar-refractivity contribution < 1.29 is 0 Å². The maximum Gasteiger partial charge on any atom is 0.116 e. The Morgan fingerprint density at radius 1 is 0.750 bits per heavy atom. The van der Waals surface area contributed by atoms with Gasteiger partial charge in [0.05, 0.1) is 23.4 Å². The summed E-state index contributed by atoms with van der Waals surface area (Å²) >= 11 is 0. The van der Waals surface area contributed by atoms with Crippen LogP contribution in [-0.4, -0.2) is 35.8 Å². The third-order valence-corrected chi connectivity index (χ3v) is 7.44. The summed E-state index contributed by atoms with van der Waals surface area (Å²) in [5.41, 5.74) is 10.6. The highest BCUT2D eigenvalue weighted by molar-refractivity contribution is 5.84. The maximum absolute atomic E-state index is 4.52. The molecular weight excluding hydrogens is 446 g/mol. The third-order valence-electron chi connectivity index (χ3n) is 7.44. The molecule has 0 bridgehead atoms. The minimum Gasteiger partial charge on any atom is -0.278 e. The molecule has 2 atom stereocenters. The fourth-order valence-corrected chi connectivity index (χ4v) is 5.60. The van der Waals surface area contributed by atoms with Gasteiger partial charge in [0.1, 0.15) is 11.0 Å². The van der Waals surface area contributed by atoms with Gasteiger partial charge in [0.25, 0.3) is 0 Å². The van der Waals surface area contributed by atoms with Crippen LogP contribution >= 0.6 is 0 Å². The molecule has 7 heteroatoms. The number of H-pyrrole nitrogens is 3. The average Bonchev–Trinajstić information content (AvgIpc) is 3.62. The van der Waals surface area contributed by atoms with Gasteiger partial charge in [-0.15, -0.1) is 0 Å². The number of fused-ring (bicyclic) bond motifs is 3. The molecule has 0 aliphatic rings. The first kappa shape index (κ1) is 22.5. The van der Waals surface area contributed by atoms with Crippen LogP contribution in [0.25, 0.3) is 32.8 Å². The number of nitrogens with one attached hydrogen (secondary N) is 3. The van der Waals surface area contributed by atoms with E-state index in [1.165, 1.54) is 38.6 Å². The lowest BCUT2D eigenvalue weighted by molar-refractivity contribution is 0.745. The lowest BCUT2D eigenvalue weighted by atomic mass is 9.87. The molecule has 0 radical (unpaired) electrons. The van der Waals surface area contributed by atoms with Crippen LogP contribution in [0.1, 0.15) is 73.3 Å². The van der Waals surface area contributed by atoms with Crippen LogP contribution in [-0.2, 0) is 12.8 Å². The van der Waals surface area contributed by atoms with Crippen LogP contribution < -0.4 is 0 Å². The molecule has 3 heterocycles. The Hall–Kier alpha value is -4.00. The van der Waals surface area contributed by atoms with Crippen LogP contribution in [0.15, 0.2) is 54.9 Å². The molecule has 182 valence electrons. The minimum absolute atomic E-state index is 0.287. The van der Waals surface area contributed by atoms with Crippen molar-refractivity contribution in [3.8, 4) is 0 Å². The largest absolute Gasteiger partial charge is 0.278 e. The van der Waals surface area contributed by atoms with Gasteiger partial charge in [-0.3, -0.25) is 10.2 Å². The van der Waals surface area contributed by atoms with Gasteiger partial charge in [0, 0.05) is 10.8 Å². The van der Waals surface area contributed by atoms with E-state index in [4.69, 9.17) is 0 Å². The van der Waals surface area contributed by atoms with Crippen LogP contribution in [0.4, 0.5) is 0 Å². The Balaban J connectivity index is 1.33. The molecule has 36 heavy (non-hydrogen) atoms. The zero-order valence-electron chi connectivity index (χ0n) is 21.1. The number of aromatic amines is 3. The Kier molecular flexibility index (Phi) is 5.55. The smallest absolute Gasteiger partial charge is 0.116 e. The Morgan fingerprint density at radius 3 is 2.33 bits per heavy atom. The summed E-state index contributed by atoms with van der Waals surface area (Å²) in [6.07, 6.45) is 5.70. The van der Waals surface area contributed by atoms with Gasteiger partial charge in [-0.25, -0.2) is 0 Å². The molecule has 2 unspecified atom stereocenters. The highest BCUT2D eigenvalue weighted by Crippen LogP contribution is 2.33. The highest BCUT2D eigenvalue weighted by atomic mass is 15.3. The summed E-state index contributed by atoms with van der Waals surface area (Å²) < 4.78 is 0. The summed E-state index contributed by atoms with van der Waals surface area (Å²) in [6.45, 7) is 9.04. The van der Waals surface area contributed by atoms with Gasteiger partial charge < -0.3 is 0 Å². The van der Waals surface area contributed by atoms with Crippen molar-refractivity contribution >= 4 is 32.8 Å². The van der Waals surface area contributed by atoms with E-state index in [0.29, 0.717) is 11.8 Å². The second kappa shape index (κ2) is 8.90. The van der Waals surface area contributed by atoms with E-state index in [-0.39, 0.29) is 5.92 Å². The number of rotatable bonds is 7. The summed E-state index contributed by atoms with van der Waals surface area (Å²) in [5.74, 6) is 1.06. The molecule has 0 saturated heterocycles. The molecule has 3 aromatic carbocycles. The molecule has 0 saturated carbocycles. The monoisotopic (exact) mass is 477 g/mol. The van der Waals surface area contributed by atoms with Crippen LogP contribution in [0.3, 0.4) is 0 Å². The normalized spacial score (nSPS) is 13.8. The van der Waals surface area contributed by atoms with Gasteiger partial charge in [-0.2, -0.15) is 25.6 Å². The molecule has 0 fully saturated rings. The van der Waals surface area contributed by atoms with Crippen molar-refractivity contribution in [2.75, 3.05) is 0 Å². The van der Waals surface area contributed by atoms with E-state index in [9.17, 15) is 0 Å². The van der Waals surface area contributed by atoms with E-state index in [1.807, 2.05) is 12.4 Å². The van der Waals surface area contributed by atoms with E-state index < -0.39 is 0 Å². The van der Waals surface area contributed by atoms with Crippen LogP contribution in [0, 0.1) is 0 Å². The SMILES string of the molecule is CC(C)c1cc(CC(C)c2cc(CC(C)c3cccc4[nH]ncc34)cc3n[nH]nc23)cc2cn[nH]c12. The third kappa shape index (κ3) is 3.94. The zero-order valence-corrected chi connectivity index (χ0v) is 21.1. The summed E-state index contributed by atoms with van der Waals surface area (Å²) in [7, 11) is 0. The number of aromatic nitrogens is 7. The summed E-state index contributed by atoms with van der Waals surface area (Å²) in [4.78, 5) is 0. The second-order valence-electron chi connectivity index (χ2n) is 10.4. The number of benzene rings is 3. The quantitative estimate of drug-likeness (QED) is 0.243. The maximum atomic E-state index is 4.52. The molecule has 0 aliphatic heterocycles. The van der Waals surface area contributed by atoms with E-state index in [1.54, 1.807) is 0 Å². The molecule has 3 N–H and O–H groups in total. The Labute approximate surface area is 209 Å². The highest BCUT2D eigenvalue weighted by Gasteiger charge is 2.19. The van der Waals surface area contributed by atoms with Crippen molar-refractivity contribution in [3.63, 3.8) is 0 Å². The lowest BCUT2D eigenvalue weighted by Gasteiger charge is -2.18. The second-order valence-corrected chi connectivity index (χ2v) is 10.4. The zero-order chi connectivity index (χ0) is 24.8. The minimum atomic E-state index is 0.287. The fourth-order valence-electron chi connectivity index (χ4n) is 5.60. The van der Waals surface area contributed by atoms with Gasteiger partial charge in [-0.05, 0) is 76.6 Å². The van der Waals surface area contributed by atoms with E-state index in [2.05, 4.69) is 106 Å². The van der Waals surface area contributed by atoms with Crippen molar-refractivity contribution in [2.24, 2.45) is 0 Å². The topological polar surface area (TPSA) is 98.9 Å². The van der Waals surface area contributed by atoms with Gasteiger partial charge in [0.15, 0.2) is 0 Å². The lowest BCUT2D eigenvalue weighted by Crippen LogP contribution is -2.04.